The lowest BCUT2D eigenvalue weighted by Crippen LogP contribution is -2.46. The zero-order valence-electron chi connectivity index (χ0n) is 18.7. The average Bonchev–Trinajstić information content (AvgIpc) is 3.35. The van der Waals surface area contributed by atoms with Crippen molar-refractivity contribution in [2.45, 2.75) is 39.7 Å². The van der Waals surface area contributed by atoms with E-state index in [0.29, 0.717) is 49.8 Å². The third-order valence-corrected chi connectivity index (χ3v) is 6.12. The molecule has 4 heterocycles. The van der Waals surface area contributed by atoms with Crippen molar-refractivity contribution < 1.29 is 14.7 Å². The van der Waals surface area contributed by atoms with Crippen molar-refractivity contribution in [1.29, 1.82) is 0 Å². The molecule has 1 saturated heterocycles. The number of hydrogen-bond acceptors (Lipinski definition) is 7. The summed E-state index contributed by atoms with van der Waals surface area (Å²) in [6.45, 7) is 7.99. The summed E-state index contributed by atoms with van der Waals surface area (Å²) in [7, 11) is 0. The van der Waals surface area contributed by atoms with E-state index < -0.39 is 6.09 Å². The number of carboxylic acid groups (broad SMARTS) is 1. The highest BCUT2D eigenvalue weighted by Gasteiger charge is 2.26. The van der Waals surface area contributed by atoms with Crippen molar-refractivity contribution in [3.05, 3.63) is 29.5 Å². The van der Waals surface area contributed by atoms with Crippen molar-refractivity contribution in [2.75, 3.05) is 25.0 Å². The SMILES string of the molecule is CC(C)(C)CNc1cc(C(=O)N2CCC(NC(=O)O)CC2)nc(-c2cnn3ccsc23)n1.Cl. The van der Waals surface area contributed by atoms with Gasteiger partial charge in [0, 0.05) is 43.3 Å². The van der Waals surface area contributed by atoms with Crippen molar-refractivity contribution in [2.24, 2.45) is 5.41 Å². The highest BCUT2D eigenvalue weighted by atomic mass is 35.5. The van der Waals surface area contributed by atoms with Crippen LogP contribution in [0.25, 0.3) is 16.2 Å². The van der Waals surface area contributed by atoms with Crippen LogP contribution < -0.4 is 10.6 Å². The molecule has 12 heteroatoms. The topological polar surface area (TPSA) is 125 Å². The Bertz CT molecular complexity index is 1130. The first-order valence-electron chi connectivity index (χ1n) is 10.5. The third kappa shape index (κ3) is 5.91. The maximum Gasteiger partial charge on any atom is 0.404 e. The maximum absolute atomic E-state index is 13.3. The molecule has 3 N–H and O–H groups in total. The summed E-state index contributed by atoms with van der Waals surface area (Å²) < 4.78 is 1.76. The number of rotatable bonds is 5. The predicted molar refractivity (Wildman–Crippen MR) is 129 cm³/mol. The summed E-state index contributed by atoms with van der Waals surface area (Å²) in [4.78, 5) is 36.0. The molecule has 0 aromatic carbocycles. The van der Waals surface area contributed by atoms with Crippen LogP contribution in [0.5, 0.6) is 0 Å². The Morgan fingerprint density at radius 3 is 2.64 bits per heavy atom. The van der Waals surface area contributed by atoms with Gasteiger partial charge in [-0.3, -0.25) is 4.79 Å². The Labute approximate surface area is 201 Å². The Kier molecular flexibility index (Phi) is 7.43. The van der Waals surface area contributed by atoms with E-state index in [0.717, 1.165) is 10.4 Å². The van der Waals surface area contributed by atoms with Gasteiger partial charge in [-0.2, -0.15) is 5.10 Å². The van der Waals surface area contributed by atoms with Gasteiger partial charge in [0.05, 0.1) is 11.8 Å². The first kappa shape index (κ1) is 24.7. The maximum atomic E-state index is 13.3. The summed E-state index contributed by atoms with van der Waals surface area (Å²) in [6, 6.07) is 1.55. The van der Waals surface area contributed by atoms with Gasteiger partial charge in [-0.1, -0.05) is 20.8 Å². The van der Waals surface area contributed by atoms with Crippen LogP contribution in [0.3, 0.4) is 0 Å². The quantitative estimate of drug-likeness (QED) is 0.495. The van der Waals surface area contributed by atoms with E-state index in [1.807, 2.05) is 11.6 Å². The highest BCUT2D eigenvalue weighted by molar-refractivity contribution is 7.16. The lowest BCUT2D eigenvalue weighted by Gasteiger charge is -2.31. The summed E-state index contributed by atoms with van der Waals surface area (Å²) in [5.74, 6) is 0.856. The van der Waals surface area contributed by atoms with Gasteiger partial charge in [0.15, 0.2) is 5.82 Å². The number of likely N-dealkylation sites (tertiary alicyclic amines) is 1. The Morgan fingerprint density at radius 1 is 1.24 bits per heavy atom. The van der Waals surface area contributed by atoms with Gasteiger partial charge in [0.25, 0.3) is 5.91 Å². The standard InChI is InChI=1S/C21H27N7O3S.ClH/c1-21(2,3)12-22-16-10-15(18(29)27-6-4-13(5-7-27)24-20(30)31)25-17(26-16)14-11-23-28-8-9-32-19(14)28;/h8-11,13,24H,4-7,12H2,1-3H3,(H,30,31)(H,22,25,26);1H. The molecule has 0 aliphatic carbocycles. The first-order chi connectivity index (χ1) is 15.2. The Hall–Kier alpha value is -2.92. The normalized spacial score (nSPS) is 14.7. The molecule has 3 aromatic rings. The molecule has 3 aromatic heterocycles. The van der Waals surface area contributed by atoms with E-state index in [1.165, 1.54) is 11.3 Å². The fourth-order valence-electron chi connectivity index (χ4n) is 3.57. The van der Waals surface area contributed by atoms with E-state index in [2.05, 4.69) is 46.5 Å². The van der Waals surface area contributed by atoms with E-state index in [9.17, 15) is 9.59 Å². The van der Waals surface area contributed by atoms with Crippen LogP contribution in [0.1, 0.15) is 44.1 Å². The van der Waals surface area contributed by atoms with E-state index in [1.54, 1.807) is 21.7 Å². The molecule has 10 nitrogen and oxygen atoms in total. The molecule has 0 bridgehead atoms. The van der Waals surface area contributed by atoms with Crippen LogP contribution in [0, 0.1) is 5.41 Å². The van der Waals surface area contributed by atoms with Crippen LogP contribution >= 0.6 is 23.7 Å². The monoisotopic (exact) mass is 493 g/mol. The van der Waals surface area contributed by atoms with Crippen LogP contribution in [-0.4, -0.2) is 67.3 Å². The molecule has 33 heavy (non-hydrogen) atoms. The van der Waals surface area contributed by atoms with Gasteiger partial charge in [-0.15, -0.1) is 23.7 Å². The molecule has 0 saturated carbocycles. The van der Waals surface area contributed by atoms with E-state index in [4.69, 9.17) is 5.11 Å². The number of thiazole rings is 1. The number of nitrogens with zero attached hydrogens (tertiary/aromatic N) is 5. The van der Waals surface area contributed by atoms with Gasteiger partial charge >= 0.3 is 6.09 Å². The number of amides is 2. The molecule has 0 spiro atoms. The second-order valence-electron chi connectivity index (χ2n) is 9.10. The Balaban J connectivity index is 0.00000306. The summed E-state index contributed by atoms with van der Waals surface area (Å²) in [6.07, 6.45) is 3.69. The van der Waals surface area contributed by atoms with E-state index >= 15 is 0 Å². The summed E-state index contributed by atoms with van der Waals surface area (Å²) >= 11 is 1.54. The van der Waals surface area contributed by atoms with Gasteiger partial charge in [-0.25, -0.2) is 19.3 Å². The second-order valence-corrected chi connectivity index (χ2v) is 10.00. The predicted octanol–water partition coefficient (Wildman–Crippen LogP) is 3.60. The first-order valence-corrected chi connectivity index (χ1v) is 11.4. The number of hydrogen-bond donors (Lipinski definition) is 3. The summed E-state index contributed by atoms with van der Waals surface area (Å²) in [5, 5.41) is 21.0. The minimum Gasteiger partial charge on any atom is -0.465 e. The van der Waals surface area contributed by atoms with Crippen LogP contribution in [0.4, 0.5) is 10.6 Å². The number of halogens is 1. The zero-order valence-corrected chi connectivity index (χ0v) is 20.4. The van der Waals surface area contributed by atoms with Crippen molar-refractivity contribution in [3.63, 3.8) is 0 Å². The number of aromatic nitrogens is 4. The van der Waals surface area contributed by atoms with Gasteiger partial charge in [0.2, 0.25) is 0 Å². The molecular weight excluding hydrogens is 466 g/mol. The number of anilines is 1. The van der Waals surface area contributed by atoms with Crippen LogP contribution in [0.2, 0.25) is 0 Å². The molecular formula is C21H28ClN7O3S. The minimum atomic E-state index is -1.04. The van der Waals surface area contributed by atoms with Crippen LogP contribution in [0.15, 0.2) is 23.8 Å². The lowest BCUT2D eigenvalue weighted by molar-refractivity contribution is 0.0700. The molecule has 0 radical (unpaired) electrons. The molecule has 4 rings (SSSR count). The average molecular weight is 494 g/mol. The third-order valence-electron chi connectivity index (χ3n) is 5.23. The lowest BCUT2D eigenvalue weighted by atomic mass is 9.97. The fraction of sp³-hybridized carbons (Fsp3) is 0.476. The summed E-state index contributed by atoms with van der Waals surface area (Å²) in [5.41, 5.74) is 1.12. The smallest absolute Gasteiger partial charge is 0.404 e. The largest absolute Gasteiger partial charge is 0.465 e. The van der Waals surface area contributed by atoms with Crippen molar-refractivity contribution >= 4 is 46.4 Å². The fourth-order valence-corrected chi connectivity index (χ4v) is 4.36. The molecule has 0 unspecified atom stereocenters. The molecule has 0 atom stereocenters. The molecule has 1 aliphatic heterocycles. The number of piperidine rings is 1. The Morgan fingerprint density at radius 2 is 1.97 bits per heavy atom. The second kappa shape index (κ2) is 9.92. The van der Waals surface area contributed by atoms with Crippen LogP contribution in [-0.2, 0) is 0 Å². The number of fused-ring (bicyclic) bond motifs is 1. The minimum absolute atomic E-state index is 0. The zero-order chi connectivity index (χ0) is 22.9. The van der Waals surface area contributed by atoms with Crippen molar-refractivity contribution in [3.8, 4) is 11.4 Å². The van der Waals surface area contributed by atoms with Gasteiger partial charge in [-0.05, 0) is 18.3 Å². The molecule has 1 fully saturated rings. The molecule has 1 aliphatic rings. The number of nitrogens with one attached hydrogen (secondary N) is 2. The number of carbonyl (C=O) groups is 2. The molecule has 178 valence electrons. The van der Waals surface area contributed by atoms with Gasteiger partial charge < -0.3 is 20.6 Å². The molecule has 2 amide bonds. The highest BCUT2D eigenvalue weighted by Crippen LogP contribution is 2.27. The van der Waals surface area contributed by atoms with Gasteiger partial charge in [0.1, 0.15) is 16.3 Å². The van der Waals surface area contributed by atoms with Crippen molar-refractivity contribution in [1.82, 2.24) is 29.8 Å². The number of carbonyl (C=O) groups excluding carboxylic acids is 1. The van der Waals surface area contributed by atoms with E-state index in [-0.39, 0.29) is 29.8 Å².